The Bertz CT molecular complexity index is 1570. The molecule has 1 amide bonds. The lowest BCUT2D eigenvalue weighted by molar-refractivity contribution is 0.0963. The van der Waals surface area contributed by atoms with Crippen LogP contribution in [-0.4, -0.2) is 40.7 Å². The molecule has 1 aromatic heterocycles. The molecule has 0 aliphatic rings. The number of aliphatic imine (C=N–C) groups is 1. The third kappa shape index (κ3) is 5.51. The van der Waals surface area contributed by atoms with Gasteiger partial charge < -0.3 is 15.4 Å². The largest absolute Gasteiger partial charge is 0.494 e. The van der Waals surface area contributed by atoms with Crippen molar-refractivity contribution in [3.05, 3.63) is 131 Å². The van der Waals surface area contributed by atoms with Crippen LogP contribution in [0.5, 0.6) is 5.88 Å². The quantitative estimate of drug-likeness (QED) is 0.227. The molecule has 0 aliphatic carbocycles. The van der Waals surface area contributed by atoms with Gasteiger partial charge >= 0.3 is 0 Å². The highest BCUT2D eigenvalue weighted by atomic mass is 16.3. The molecule has 6 heteroatoms. The molecule has 0 unspecified atom stereocenters. The van der Waals surface area contributed by atoms with Gasteiger partial charge in [0, 0.05) is 42.2 Å². The lowest BCUT2D eigenvalue weighted by Crippen LogP contribution is -2.17. The number of carbonyl (C=O) groups excluding carboxylic acids is 1. The van der Waals surface area contributed by atoms with Crippen LogP contribution in [0, 0.1) is 0 Å². The van der Waals surface area contributed by atoms with Gasteiger partial charge in [0.15, 0.2) is 5.88 Å². The van der Waals surface area contributed by atoms with E-state index in [-0.39, 0.29) is 11.8 Å². The predicted octanol–water partition coefficient (Wildman–Crippen LogP) is 6.03. The Morgan fingerprint density at radius 2 is 1.47 bits per heavy atom. The fourth-order valence-electron chi connectivity index (χ4n) is 4.63. The molecular formula is C32H30N4O2. The van der Waals surface area contributed by atoms with Crippen molar-refractivity contribution in [2.45, 2.75) is 13.1 Å². The molecular weight excluding hydrogens is 472 g/mol. The molecule has 4 aromatic carbocycles. The second kappa shape index (κ2) is 11.2. The minimum absolute atomic E-state index is 0.0100. The minimum Gasteiger partial charge on any atom is -0.494 e. The van der Waals surface area contributed by atoms with E-state index in [4.69, 9.17) is 4.99 Å². The van der Waals surface area contributed by atoms with E-state index in [0.717, 1.165) is 35.2 Å². The van der Waals surface area contributed by atoms with Gasteiger partial charge in [-0.15, -0.1) is 0 Å². The van der Waals surface area contributed by atoms with Crippen molar-refractivity contribution in [2.75, 3.05) is 14.1 Å². The van der Waals surface area contributed by atoms with Crippen molar-refractivity contribution in [1.82, 2.24) is 15.2 Å². The summed E-state index contributed by atoms with van der Waals surface area (Å²) in [7, 11) is 3.71. The summed E-state index contributed by atoms with van der Waals surface area (Å²) < 4.78 is 0. The molecule has 0 radical (unpaired) electrons. The summed E-state index contributed by atoms with van der Waals surface area (Å²) in [6.07, 6.45) is 0. The molecule has 0 aliphatic heterocycles. The van der Waals surface area contributed by atoms with E-state index in [0.29, 0.717) is 16.8 Å². The molecule has 0 atom stereocenters. The van der Waals surface area contributed by atoms with Gasteiger partial charge in [0.25, 0.3) is 5.91 Å². The van der Waals surface area contributed by atoms with Crippen molar-refractivity contribution < 1.29 is 9.90 Å². The Morgan fingerprint density at radius 1 is 0.842 bits per heavy atom. The van der Waals surface area contributed by atoms with Crippen LogP contribution < -0.4 is 5.32 Å². The first kappa shape index (κ1) is 25.0. The van der Waals surface area contributed by atoms with Gasteiger partial charge in [-0.2, -0.15) is 0 Å². The van der Waals surface area contributed by atoms with Crippen molar-refractivity contribution >= 4 is 28.2 Å². The summed E-state index contributed by atoms with van der Waals surface area (Å²) in [4.78, 5) is 22.6. The van der Waals surface area contributed by atoms with Crippen molar-refractivity contribution in [3.63, 3.8) is 0 Å². The van der Waals surface area contributed by atoms with E-state index in [2.05, 4.69) is 58.6 Å². The smallest absolute Gasteiger partial charge is 0.251 e. The molecule has 6 nitrogen and oxygen atoms in total. The number of aromatic nitrogens is 1. The number of hydrogen-bond donors (Lipinski definition) is 3. The third-order valence-corrected chi connectivity index (χ3v) is 6.48. The average Bonchev–Trinajstić information content (AvgIpc) is 3.27. The van der Waals surface area contributed by atoms with Gasteiger partial charge in [-0.3, -0.25) is 9.69 Å². The van der Waals surface area contributed by atoms with Gasteiger partial charge in [0.1, 0.15) is 0 Å². The Hall–Kier alpha value is -4.68. The van der Waals surface area contributed by atoms with Crippen LogP contribution >= 0.6 is 0 Å². The Labute approximate surface area is 222 Å². The van der Waals surface area contributed by atoms with E-state index in [1.54, 1.807) is 25.2 Å². The second-order valence-electron chi connectivity index (χ2n) is 9.34. The van der Waals surface area contributed by atoms with E-state index < -0.39 is 0 Å². The zero-order valence-electron chi connectivity index (χ0n) is 21.5. The Balaban J connectivity index is 1.49. The molecule has 0 bridgehead atoms. The maximum absolute atomic E-state index is 12.3. The SMILES string of the molecule is CNC(=O)c1ccc2[nH]c(O)c(C(=Nc3ccc(CN(C)Cc4ccccc4)cc3)c3ccccc3)c2c1. The number of nitrogens with one attached hydrogen (secondary N) is 2. The standard InChI is InChI=1S/C32H30N4O2/c1-33-31(37)25-15-18-28-27(19-25)29(32(38)35-28)30(24-11-7-4-8-12-24)34-26-16-13-23(14-17-26)21-36(2)20-22-9-5-3-6-10-22/h3-19,35,38H,20-21H2,1-2H3,(H,33,37). The van der Waals surface area contributed by atoms with Crippen LogP contribution in [0.1, 0.15) is 32.6 Å². The maximum Gasteiger partial charge on any atom is 0.251 e. The number of aromatic amines is 1. The average molecular weight is 503 g/mol. The Morgan fingerprint density at radius 3 is 2.13 bits per heavy atom. The van der Waals surface area contributed by atoms with Crippen LogP contribution in [0.15, 0.2) is 108 Å². The molecule has 0 saturated heterocycles. The monoisotopic (exact) mass is 502 g/mol. The van der Waals surface area contributed by atoms with E-state index in [1.165, 1.54) is 11.1 Å². The Kier molecular flexibility index (Phi) is 7.33. The van der Waals surface area contributed by atoms with Crippen molar-refractivity contribution in [1.29, 1.82) is 0 Å². The molecule has 5 aromatic rings. The number of carbonyl (C=O) groups is 1. The van der Waals surface area contributed by atoms with Crippen LogP contribution in [0.4, 0.5) is 5.69 Å². The summed E-state index contributed by atoms with van der Waals surface area (Å²) >= 11 is 0. The number of benzene rings is 4. The number of fused-ring (bicyclic) bond motifs is 1. The number of amides is 1. The topological polar surface area (TPSA) is 80.7 Å². The first-order valence-electron chi connectivity index (χ1n) is 12.5. The minimum atomic E-state index is -0.190. The van der Waals surface area contributed by atoms with E-state index in [9.17, 15) is 9.90 Å². The molecule has 5 rings (SSSR count). The fourth-order valence-corrected chi connectivity index (χ4v) is 4.63. The van der Waals surface area contributed by atoms with Gasteiger partial charge in [-0.05, 0) is 48.5 Å². The number of H-pyrrole nitrogens is 1. The second-order valence-corrected chi connectivity index (χ2v) is 9.34. The number of aromatic hydroxyl groups is 1. The van der Waals surface area contributed by atoms with Crippen molar-refractivity contribution in [3.8, 4) is 5.88 Å². The molecule has 3 N–H and O–H groups in total. The zero-order valence-corrected chi connectivity index (χ0v) is 21.5. The summed E-state index contributed by atoms with van der Waals surface area (Å²) in [5, 5.41) is 14.3. The van der Waals surface area contributed by atoms with E-state index in [1.807, 2.05) is 48.5 Å². The van der Waals surface area contributed by atoms with Gasteiger partial charge in [-0.1, -0.05) is 72.8 Å². The molecule has 38 heavy (non-hydrogen) atoms. The normalized spacial score (nSPS) is 11.7. The van der Waals surface area contributed by atoms with Crippen LogP contribution in [0.3, 0.4) is 0 Å². The number of hydrogen-bond acceptors (Lipinski definition) is 4. The highest BCUT2D eigenvalue weighted by Gasteiger charge is 2.20. The molecule has 0 fully saturated rings. The lowest BCUT2D eigenvalue weighted by atomic mass is 9.99. The molecule has 0 saturated carbocycles. The molecule has 0 spiro atoms. The molecule has 190 valence electrons. The number of rotatable bonds is 8. The lowest BCUT2D eigenvalue weighted by Gasteiger charge is -2.17. The fraction of sp³-hybridized carbons (Fsp3) is 0.125. The van der Waals surface area contributed by atoms with Gasteiger partial charge in [0.05, 0.1) is 17.0 Å². The summed E-state index contributed by atoms with van der Waals surface area (Å²) in [6.45, 7) is 1.69. The first-order valence-corrected chi connectivity index (χ1v) is 12.5. The van der Waals surface area contributed by atoms with E-state index >= 15 is 0 Å². The third-order valence-electron chi connectivity index (χ3n) is 6.48. The van der Waals surface area contributed by atoms with Crippen LogP contribution in [0.25, 0.3) is 10.9 Å². The van der Waals surface area contributed by atoms with Crippen LogP contribution in [0.2, 0.25) is 0 Å². The van der Waals surface area contributed by atoms with Crippen molar-refractivity contribution in [2.24, 2.45) is 4.99 Å². The van der Waals surface area contributed by atoms with Crippen LogP contribution in [-0.2, 0) is 13.1 Å². The summed E-state index contributed by atoms with van der Waals surface area (Å²) in [5.41, 5.74) is 6.52. The summed E-state index contributed by atoms with van der Waals surface area (Å²) in [5.74, 6) is -0.180. The zero-order chi connectivity index (χ0) is 26.5. The highest BCUT2D eigenvalue weighted by Crippen LogP contribution is 2.32. The summed E-state index contributed by atoms with van der Waals surface area (Å²) in [6, 6.07) is 33.7. The maximum atomic E-state index is 12.3. The number of nitrogens with zero attached hydrogens (tertiary/aromatic N) is 2. The van der Waals surface area contributed by atoms with Gasteiger partial charge in [-0.25, -0.2) is 4.99 Å². The highest BCUT2D eigenvalue weighted by molar-refractivity contribution is 6.22. The molecule has 1 heterocycles. The predicted molar refractivity (Wildman–Crippen MR) is 153 cm³/mol. The van der Waals surface area contributed by atoms with Gasteiger partial charge in [0.2, 0.25) is 0 Å². The first-order chi connectivity index (χ1) is 18.5.